The number of amides is 1. The van der Waals surface area contributed by atoms with Crippen LogP contribution in [0.4, 0.5) is 0 Å². The van der Waals surface area contributed by atoms with E-state index in [4.69, 9.17) is 0 Å². The van der Waals surface area contributed by atoms with Gasteiger partial charge in [0.25, 0.3) is 0 Å². The van der Waals surface area contributed by atoms with E-state index in [0.717, 1.165) is 32.4 Å². The lowest BCUT2D eigenvalue weighted by Crippen LogP contribution is -2.59. The van der Waals surface area contributed by atoms with Crippen LogP contribution in [0.15, 0.2) is 0 Å². The van der Waals surface area contributed by atoms with E-state index in [1.54, 1.807) is 0 Å². The Hall–Kier alpha value is -0.570. The molecule has 1 aliphatic heterocycles. The molecule has 1 saturated heterocycles. The standard InChI is InChI=1S/C12H24N2O/c1-5-7-12(3,6-2)11(15)13-10-8-14(4)9-10/h10H,5-9H2,1-4H3,(H,13,15). The summed E-state index contributed by atoms with van der Waals surface area (Å²) in [5, 5.41) is 3.14. The zero-order valence-corrected chi connectivity index (χ0v) is 10.5. The minimum absolute atomic E-state index is 0.164. The van der Waals surface area contributed by atoms with Crippen LogP contribution in [0.5, 0.6) is 0 Å². The number of hydrogen-bond donors (Lipinski definition) is 1. The quantitative estimate of drug-likeness (QED) is 0.751. The molecule has 1 heterocycles. The average Bonchev–Trinajstić information content (AvgIpc) is 2.15. The highest BCUT2D eigenvalue weighted by molar-refractivity contribution is 5.82. The van der Waals surface area contributed by atoms with Gasteiger partial charge in [-0.25, -0.2) is 0 Å². The summed E-state index contributed by atoms with van der Waals surface area (Å²) in [5.74, 6) is 0.241. The van der Waals surface area contributed by atoms with Crippen LogP contribution in [0, 0.1) is 5.41 Å². The van der Waals surface area contributed by atoms with Crippen LogP contribution in [0.25, 0.3) is 0 Å². The number of rotatable bonds is 5. The molecule has 1 rings (SSSR count). The molecule has 1 fully saturated rings. The maximum absolute atomic E-state index is 12.1. The summed E-state index contributed by atoms with van der Waals surface area (Å²) in [6, 6.07) is 0.380. The lowest BCUT2D eigenvalue weighted by molar-refractivity contribution is -0.132. The van der Waals surface area contributed by atoms with Gasteiger partial charge in [0.15, 0.2) is 0 Å². The molecular formula is C12H24N2O. The van der Waals surface area contributed by atoms with Crippen LogP contribution in [0.3, 0.4) is 0 Å². The number of likely N-dealkylation sites (tertiary alicyclic amines) is 1. The van der Waals surface area contributed by atoms with E-state index >= 15 is 0 Å². The predicted octanol–water partition coefficient (Wildman–Crippen LogP) is 1.63. The highest BCUT2D eigenvalue weighted by Crippen LogP contribution is 2.27. The summed E-state index contributed by atoms with van der Waals surface area (Å²) in [6.07, 6.45) is 2.98. The Kier molecular flexibility index (Phi) is 4.14. The molecule has 0 spiro atoms. The lowest BCUT2D eigenvalue weighted by atomic mass is 9.81. The van der Waals surface area contributed by atoms with Gasteiger partial charge >= 0.3 is 0 Å². The number of hydrogen-bond acceptors (Lipinski definition) is 2. The SMILES string of the molecule is CCCC(C)(CC)C(=O)NC1CN(C)C1. The predicted molar refractivity (Wildman–Crippen MR) is 62.7 cm³/mol. The van der Waals surface area contributed by atoms with Gasteiger partial charge in [-0.15, -0.1) is 0 Å². The number of nitrogens with one attached hydrogen (secondary N) is 1. The fourth-order valence-corrected chi connectivity index (χ4v) is 2.15. The Labute approximate surface area is 93.2 Å². The summed E-state index contributed by atoms with van der Waals surface area (Å²) in [6.45, 7) is 8.31. The zero-order chi connectivity index (χ0) is 11.5. The second-order valence-electron chi connectivity index (χ2n) is 5.06. The van der Waals surface area contributed by atoms with E-state index in [-0.39, 0.29) is 11.3 Å². The molecule has 88 valence electrons. The third kappa shape index (κ3) is 2.94. The fraction of sp³-hybridized carbons (Fsp3) is 0.917. The molecule has 1 N–H and O–H groups in total. The van der Waals surface area contributed by atoms with Gasteiger partial charge in [-0.05, 0) is 19.9 Å². The van der Waals surface area contributed by atoms with Gasteiger partial charge in [-0.3, -0.25) is 4.79 Å². The van der Waals surface area contributed by atoms with Gasteiger partial charge in [-0.1, -0.05) is 27.2 Å². The molecule has 3 heteroatoms. The van der Waals surface area contributed by atoms with Crippen molar-refractivity contribution in [2.45, 2.75) is 46.1 Å². The normalized spacial score (nSPS) is 21.9. The molecule has 1 amide bonds. The van der Waals surface area contributed by atoms with E-state index < -0.39 is 0 Å². The molecule has 0 radical (unpaired) electrons. The number of carbonyl (C=O) groups excluding carboxylic acids is 1. The molecule has 0 aromatic rings. The molecule has 0 saturated carbocycles. The first kappa shape index (κ1) is 12.5. The molecule has 3 nitrogen and oxygen atoms in total. The third-order valence-corrected chi connectivity index (χ3v) is 3.53. The summed E-state index contributed by atoms with van der Waals surface area (Å²) in [7, 11) is 2.08. The van der Waals surface area contributed by atoms with E-state index in [9.17, 15) is 4.79 Å². The van der Waals surface area contributed by atoms with Crippen molar-refractivity contribution < 1.29 is 4.79 Å². The second kappa shape index (κ2) is 4.97. The fourth-order valence-electron chi connectivity index (χ4n) is 2.15. The first-order valence-corrected chi connectivity index (χ1v) is 6.01. The molecule has 15 heavy (non-hydrogen) atoms. The van der Waals surface area contributed by atoms with Crippen LogP contribution in [-0.2, 0) is 4.79 Å². The first-order valence-electron chi connectivity index (χ1n) is 6.01. The molecule has 0 bridgehead atoms. The zero-order valence-electron chi connectivity index (χ0n) is 10.5. The third-order valence-electron chi connectivity index (χ3n) is 3.53. The topological polar surface area (TPSA) is 32.3 Å². The largest absolute Gasteiger partial charge is 0.350 e. The van der Waals surface area contributed by atoms with Gasteiger partial charge in [0.05, 0.1) is 6.04 Å². The van der Waals surface area contributed by atoms with E-state index in [1.165, 1.54) is 0 Å². The Bertz CT molecular complexity index is 224. The molecular weight excluding hydrogens is 188 g/mol. The summed E-state index contributed by atoms with van der Waals surface area (Å²) in [4.78, 5) is 14.3. The monoisotopic (exact) mass is 212 g/mol. The van der Waals surface area contributed by atoms with Crippen LogP contribution >= 0.6 is 0 Å². The van der Waals surface area contributed by atoms with Crippen molar-refractivity contribution in [3.05, 3.63) is 0 Å². The van der Waals surface area contributed by atoms with Crippen LogP contribution in [-0.4, -0.2) is 37.0 Å². The molecule has 0 aromatic heterocycles. The highest BCUT2D eigenvalue weighted by atomic mass is 16.2. The van der Waals surface area contributed by atoms with E-state index in [1.807, 2.05) is 0 Å². The smallest absolute Gasteiger partial charge is 0.226 e. The molecule has 0 aromatic carbocycles. The highest BCUT2D eigenvalue weighted by Gasteiger charge is 2.34. The summed E-state index contributed by atoms with van der Waals surface area (Å²) >= 11 is 0. The van der Waals surface area contributed by atoms with Crippen LogP contribution in [0.2, 0.25) is 0 Å². The molecule has 1 aliphatic rings. The number of likely N-dealkylation sites (N-methyl/N-ethyl adjacent to an activating group) is 1. The van der Waals surface area contributed by atoms with Crippen molar-refractivity contribution in [3.63, 3.8) is 0 Å². The van der Waals surface area contributed by atoms with Crippen molar-refractivity contribution in [1.29, 1.82) is 0 Å². The van der Waals surface area contributed by atoms with Crippen molar-refractivity contribution in [2.24, 2.45) is 5.41 Å². The maximum atomic E-state index is 12.1. The minimum atomic E-state index is -0.164. The van der Waals surface area contributed by atoms with Crippen molar-refractivity contribution in [1.82, 2.24) is 10.2 Å². The lowest BCUT2D eigenvalue weighted by Gasteiger charge is -2.39. The summed E-state index contributed by atoms with van der Waals surface area (Å²) in [5.41, 5.74) is -0.164. The Balaban J connectivity index is 2.43. The Morgan fingerprint density at radius 1 is 1.47 bits per heavy atom. The van der Waals surface area contributed by atoms with Crippen LogP contribution in [0.1, 0.15) is 40.0 Å². The van der Waals surface area contributed by atoms with E-state index in [0.29, 0.717) is 6.04 Å². The van der Waals surface area contributed by atoms with Crippen molar-refractivity contribution in [2.75, 3.05) is 20.1 Å². The Morgan fingerprint density at radius 3 is 2.47 bits per heavy atom. The maximum Gasteiger partial charge on any atom is 0.226 e. The van der Waals surface area contributed by atoms with Gasteiger partial charge in [0, 0.05) is 18.5 Å². The summed E-state index contributed by atoms with van der Waals surface area (Å²) < 4.78 is 0. The van der Waals surface area contributed by atoms with Gasteiger partial charge in [0.1, 0.15) is 0 Å². The minimum Gasteiger partial charge on any atom is -0.350 e. The average molecular weight is 212 g/mol. The molecule has 1 atom stereocenters. The van der Waals surface area contributed by atoms with Crippen molar-refractivity contribution in [3.8, 4) is 0 Å². The van der Waals surface area contributed by atoms with Crippen molar-refractivity contribution >= 4 is 5.91 Å². The second-order valence-corrected chi connectivity index (χ2v) is 5.06. The van der Waals surface area contributed by atoms with E-state index in [2.05, 4.69) is 38.0 Å². The van der Waals surface area contributed by atoms with Crippen LogP contribution < -0.4 is 5.32 Å². The number of nitrogens with zero attached hydrogens (tertiary/aromatic N) is 1. The Morgan fingerprint density at radius 2 is 2.07 bits per heavy atom. The molecule has 0 aliphatic carbocycles. The van der Waals surface area contributed by atoms with Gasteiger partial charge in [-0.2, -0.15) is 0 Å². The first-order chi connectivity index (χ1) is 7.01. The molecule has 1 unspecified atom stereocenters. The number of carbonyl (C=O) groups is 1. The van der Waals surface area contributed by atoms with Gasteiger partial charge < -0.3 is 10.2 Å². The van der Waals surface area contributed by atoms with Gasteiger partial charge in [0.2, 0.25) is 5.91 Å².